The summed E-state index contributed by atoms with van der Waals surface area (Å²) in [5.41, 5.74) is 2.85. The van der Waals surface area contributed by atoms with E-state index in [9.17, 15) is 0 Å². The van der Waals surface area contributed by atoms with E-state index in [1.807, 2.05) is 0 Å². The van der Waals surface area contributed by atoms with Gasteiger partial charge in [-0.3, -0.25) is 4.90 Å². The first-order chi connectivity index (χ1) is 10.4. The fourth-order valence-corrected chi connectivity index (χ4v) is 3.83. The van der Waals surface area contributed by atoms with Crippen molar-refractivity contribution in [1.82, 2.24) is 10.2 Å². The minimum absolute atomic E-state index is 0. The Labute approximate surface area is 140 Å². The number of benzene rings is 2. The van der Waals surface area contributed by atoms with E-state index >= 15 is 0 Å². The first kappa shape index (κ1) is 15.6. The molecule has 2 aromatic rings. The van der Waals surface area contributed by atoms with E-state index in [-0.39, 0.29) is 13.5 Å². The molecule has 0 amide bonds. The van der Waals surface area contributed by atoms with Crippen LogP contribution in [-0.2, 0) is 13.1 Å². The minimum atomic E-state index is 0. The average Bonchev–Trinajstić information content (AvgIpc) is 3.01. The number of hydrogen-bond acceptors (Lipinski definition) is 2. The number of nitrogens with one attached hydrogen (secondary N) is 1. The van der Waals surface area contributed by atoms with Gasteiger partial charge < -0.3 is 5.32 Å². The van der Waals surface area contributed by atoms with E-state index in [0.717, 1.165) is 31.0 Å². The normalized spacial score (nSPS) is 25.6. The van der Waals surface area contributed by atoms with Crippen LogP contribution in [0.3, 0.4) is 0 Å². The van der Waals surface area contributed by atoms with Gasteiger partial charge in [-0.05, 0) is 36.1 Å². The highest BCUT2D eigenvalue weighted by Crippen LogP contribution is 2.46. The van der Waals surface area contributed by atoms with Crippen molar-refractivity contribution in [1.29, 1.82) is 0 Å². The van der Waals surface area contributed by atoms with Crippen molar-refractivity contribution < 1.29 is 0 Å². The standard InChI is InChI=1S/C19H22N2.H2S/c1-3-7-15(8-4-1)13-21(14-16-9-5-2-6-10-16)19-17-11-20-12-18(17)19;/h1-10,17-20H,11-14H2;1H2. The Morgan fingerprint density at radius 2 is 1.23 bits per heavy atom. The molecule has 0 bridgehead atoms. The molecule has 3 heteroatoms. The SMILES string of the molecule is S.c1ccc(CN(Cc2ccccc2)C2C3CNCC32)cc1. The van der Waals surface area contributed by atoms with Gasteiger partial charge in [0.15, 0.2) is 0 Å². The maximum Gasteiger partial charge on any atom is 0.0240 e. The topological polar surface area (TPSA) is 15.3 Å². The molecular formula is C19H24N2S. The van der Waals surface area contributed by atoms with Crippen LogP contribution in [0.5, 0.6) is 0 Å². The molecule has 116 valence electrons. The first-order valence-electron chi connectivity index (χ1n) is 7.94. The highest BCUT2D eigenvalue weighted by atomic mass is 32.1. The van der Waals surface area contributed by atoms with Crippen LogP contribution in [0.15, 0.2) is 60.7 Å². The molecule has 2 atom stereocenters. The predicted molar refractivity (Wildman–Crippen MR) is 96.1 cm³/mol. The zero-order valence-corrected chi connectivity index (χ0v) is 13.8. The molecule has 22 heavy (non-hydrogen) atoms. The third-order valence-corrected chi connectivity index (χ3v) is 4.93. The van der Waals surface area contributed by atoms with Gasteiger partial charge in [0.2, 0.25) is 0 Å². The second-order valence-corrected chi connectivity index (χ2v) is 6.35. The molecule has 1 saturated carbocycles. The molecule has 2 fully saturated rings. The third-order valence-electron chi connectivity index (χ3n) is 4.93. The van der Waals surface area contributed by atoms with Crippen LogP contribution >= 0.6 is 13.5 Å². The molecule has 1 heterocycles. The van der Waals surface area contributed by atoms with E-state index in [1.165, 1.54) is 24.2 Å². The van der Waals surface area contributed by atoms with Gasteiger partial charge in [0.1, 0.15) is 0 Å². The molecular weight excluding hydrogens is 288 g/mol. The molecule has 2 aromatic carbocycles. The van der Waals surface area contributed by atoms with Crippen molar-refractivity contribution in [2.45, 2.75) is 19.1 Å². The summed E-state index contributed by atoms with van der Waals surface area (Å²) in [6, 6.07) is 22.5. The molecule has 1 aliphatic carbocycles. The Kier molecular flexibility index (Phi) is 4.87. The Balaban J connectivity index is 0.00000144. The lowest BCUT2D eigenvalue weighted by Gasteiger charge is -2.25. The second kappa shape index (κ2) is 6.86. The molecule has 1 saturated heterocycles. The van der Waals surface area contributed by atoms with Gasteiger partial charge >= 0.3 is 0 Å². The van der Waals surface area contributed by atoms with Crippen LogP contribution < -0.4 is 5.32 Å². The van der Waals surface area contributed by atoms with Crippen molar-refractivity contribution in [3.63, 3.8) is 0 Å². The van der Waals surface area contributed by atoms with Gasteiger partial charge in [0.25, 0.3) is 0 Å². The van der Waals surface area contributed by atoms with E-state index in [4.69, 9.17) is 0 Å². The first-order valence-corrected chi connectivity index (χ1v) is 7.94. The third kappa shape index (κ3) is 3.22. The summed E-state index contributed by atoms with van der Waals surface area (Å²) in [7, 11) is 0. The zero-order chi connectivity index (χ0) is 14.1. The number of nitrogens with zero attached hydrogens (tertiary/aromatic N) is 1. The van der Waals surface area contributed by atoms with Crippen LogP contribution in [0, 0.1) is 11.8 Å². The molecule has 2 nitrogen and oxygen atoms in total. The lowest BCUT2D eigenvalue weighted by Crippen LogP contribution is -2.32. The summed E-state index contributed by atoms with van der Waals surface area (Å²) >= 11 is 0. The molecule has 2 unspecified atom stereocenters. The van der Waals surface area contributed by atoms with Crippen molar-refractivity contribution in [2.24, 2.45) is 11.8 Å². The molecule has 1 aliphatic heterocycles. The Morgan fingerprint density at radius 1 is 0.773 bits per heavy atom. The fourth-order valence-electron chi connectivity index (χ4n) is 3.83. The summed E-state index contributed by atoms with van der Waals surface area (Å²) in [6.07, 6.45) is 0. The van der Waals surface area contributed by atoms with E-state index in [2.05, 4.69) is 70.9 Å². The van der Waals surface area contributed by atoms with Crippen molar-refractivity contribution in [2.75, 3.05) is 13.1 Å². The molecule has 0 aromatic heterocycles. The summed E-state index contributed by atoms with van der Waals surface area (Å²) in [4.78, 5) is 2.68. The van der Waals surface area contributed by atoms with E-state index < -0.39 is 0 Å². The predicted octanol–water partition coefficient (Wildman–Crippen LogP) is 3.02. The summed E-state index contributed by atoms with van der Waals surface area (Å²) in [6.45, 7) is 4.53. The van der Waals surface area contributed by atoms with Gasteiger partial charge in [-0.2, -0.15) is 13.5 Å². The van der Waals surface area contributed by atoms with Crippen LogP contribution in [0.4, 0.5) is 0 Å². The van der Waals surface area contributed by atoms with Crippen LogP contribution in [0.1, 0.15) is 11.1 Å². The van der Waals surface area contributed by atoms with E-state index in [1.54, 1.807) is 0 Å². The zero-order valence-electron chi connectivity index (χ0n) is 12.8. The Morgan fingerprint density at radius 3 is 1.68 bits per heavy atom. The smallest absolute Gasteiger partial charge is 0.0240 e. The second-order valence-electron chi connectivity index (χ2n) is 6.35. The van der Waals surface area contributed by atoms with Gasteiger partial charge in [0, 0.05) is 19.1 Å². The summed E-state index contributed by atoms with van der Waals surface area (Å²) in [5, 5.41) is 3.51. The molecule has 2 aliphatic rings. The average molecular weight is 312 g/mol. The number of rotatable bonds is 5. The molecule has 0 radical (unpaired) electrons. The highest BCUT2D eigenvalue weighted by Gasteiger charge is 2.55. The van der Waals surface area contributed by atoms with Crippen LogP contribution in [0.25, 0.3) is 0 Å². The number of hydrogen-bond donors (Lipinski definition) is 1. The Bertz CT molecular complexity index is 535. The maximum absolute atomic E-state index is 3.51. The number of piperidine rings is 1. The molecule has 1 N–H and O–H groups in total. The van der Waals surface area contributed by atoms with E-state index in [0.29, 0.717) is 0 Å². The van der Waals surface area contributed by atoms with Gasteiger partial charge in [-0.15, -0.1) is 0 Å². The van der Waals surface area contributed by atoms with Gasteiger partial charge in [-0.25, -0.2) is 0 Å². The molecule has 0 spiro atoms. The monoisotopic (exact) mass is 312 g/mol. The lowest BCUT2D eigenvalue weighted by molar-refractivity contribution is 0.219. The summed E-state index contributed by atoms with van der Waals surface area (Å²) < 4.78 is 0. The fraction of sp³-hybridized carbons (Fsp3) is 0.368. The van der Waals surface area contributed by atoms with Gasteiger partial charge in [-0.1, -0.05) is 60.7 Å². The largest absolute Gasteiger partial charge is 0.316 e. The lowest BCUT2D eigenvalue weighted by atomic mass is 10.1. The summed E-state index contributed by atoms with van der Waals surface area (Å²) in [5.74, 6) is 1.75. The maximum atomic E-state index is 3.51. The van der Waals surface area contributed by atoms with Crippen molar-refractivity contribution >= 4 is 13.5 Å². The quantitative estimate of drug-likeness (QED) is 0.913. The number of fused-ring (bicyclic) bond motifs is 1. The van der Waals surface area contributed by atoms with Crippen molar-refractivity contribution in [3.8, 4) is 0 Å². The van der Waals surface area contributed by atoms with Gasteiger partial charge in [0.05, 0.1) is 0 Å². The minimum Gasteiger partial charge on any atom is -0.316 e. The van der Waals surface area contributed by atoms with Crippen LogP contribution in [-0.4, -0.2) is 24.0 Å². The van der Waals surface area contributed by atoms with Crippen molar-refractivity contribution in [3.05, 3.63) is 71.8 Å². The van der Waals surface area contributed by atoms with Crippen LogP contribution in [0.2, 0.25) is 0 Å². The Hall–Kier alpha value is -1.29. The highest BCUT2D eigenvalue weighted by molar-refractivity contribution is 7.59. The molecule has 4 rings (SSSR count).